The van der Waals surface area contributed by atoms with Gasteiger partial charge in [-0.2, -0.15) is 0 Å². The number of carbonyl (C=O) groups excluding carboxylic acids is 1. The van der Waals surface area contributed by atoms with Gasteiger partial charge in [-0.05, 0) is 37.0 Å². The Morgan fingerprint density at radius 1 is 1.31 bits per heavy atom. The minimum Gasteiger partial charge on any atom is -0.380 e. The van der Waals surface area contributed by atoms with Gasteiger partial charge in [-0.25, -0.2) is 18.4 Å². The van der Waals surface area contributed by atoms with Crippen LogP contribution in [0.3, 0.4) is 0 Å². The number of sulfonamides is 1. The van der Waals surface area contributed by atoms with E-state index in [1.165, 1.54) is 13.0 Å². The second-order valence-corrected chi connectivity index (χ2v) is 7.96. The highest BCUT2D eigenvalue weighted by molar-refractivity contribution is 7.92. The molecular weight excluding hydrogens is 356 g/mol. The number of aromatic nitrogens is 2. The Hall–Kier alpha value is -2.13. The third-order valence-electron chi connectivity index (χ3n) is 3.88. The zero-order valence-electron chi connectivity index (χ0n) is 15.2. The average molecular weight is 380 g/mol. The van der Waals surface area contributed by atoms with Crippen molar-refractivity contribution >= 4 is 28.0 Å². The highest BCUT2D eigenvalue weighted by atomic mass is 32.2. The van der Waals surface area contributed by atoms with Gasteiger partial charge < -0.3 is 4.74 Å². The van der Waals surface area contributed by atoms with Crippen molar-refractivity contribution in [3.05, 3.63) is 29.1 Å². The van der Waals surface area contributed by atoms with Crippen molar-refractivity contribution in [1.82, 2.24) is 9.97 Å². The molecule has 0 fully saturated rings. The predicted octanol–water partition coefficient (Wildman–Crippen LogP) is 1.85. The minimum atomic E-state index is -3.51. The van der Waals surface area contributed by atoms with E-state index in [-0.39, 0.29) is 17.5 Å². The summed E-state index contributed by atoms with van der Waals surface area (Å²) in [5.41, 5.74) is 1.92. The van der Waals surface area contributed by atoms with Crippen molar-refractivity contribution in [1.29, 1.82) is 0 Å². The molecule has 0 bridgehead atoms. The van der Waals surface area contributed by atoms with Gasteiger partial charge in [-0.15, -0.1) is 0 Å². The molecular formula is C17H24N4O4S. The third kappa shape index (κ3) is 5.18. The number of dihydropyridines is 1. The van der Waals surface area contributed by atoms with E-state index in [9.17, 15) is 13.2 Å². The number of nitrogens with one attached hydrogen (secondary N) is 1. The molecule has 8 nitrogen and oxygen atoms in total. The molecule has 0 saturated carbocycles. The fraction of sp³-hybridized carbons (Fsp3) is 0.529. The van der Waals surface area contributed by atoms with E-state index < -0.39 is 16.1 Å². The summed E-state index contributed by atoms with van der Waals surface area (Å²) in [7, 11) is -1.96. The Kier molecular flexibility index (Phi) is 6.98. The molecule has 1 aromatic heterocycles. The van der Waals surface area contributed by atoms with Crippen molar-refractivity contribution < 1.29 is 17.9 Å². The Balaban J connectivity index is 2.37. The summed E-state index contributed by atoms with van der Waals surface area (Å²) in [5, 5.41) is 0. The van der Waals surface area contributed by atoms with Crippen molar-refractivity contribution in [2.75, 3.05) is 24.2 Å². The number of hydrogen-bond acceptors (Lipinski definition) is 7. The van der Waals surface area contributed by atoms with Crippen molar-refractivity contribution in [3.8, 4) is 0 Å². The number of carbonyl (C=O) groups is 1. The number of aliphatic imine (C=N–C) groups is 1. The van der Waals surface area contributed by atoms with Gasteiger partial charge in [0.15, 0.2) is 11.8 Å². The van der Waals surface area contributed by atoms with Crippen LogP contribution in [0, 0.1) is 0 Å². The first-order valence-electron chi connectivity index (χ1n) is 8.53. The average Bonchev–Trinajstić information content (AvgIpc) is 2.61. The number of unbranched alkanes of at least 4 members (excludes halogenated alkanes) is 1. The summed E-state index contributed by atoms with van der Waals surface area (Å²) >= 11 is 0. The van der Waals surface area contributed by atoms with Crippen LogP contribution in [-0.4, -0.2) is 49.9 Å². The molecule has 1 aromatic rings. The summed E-state index contributed by atoms with van der Waals surface area (Å²) in [6, 6.07) is -0.796. The summed E-state index contributed by atoms with van der Waals surface area (Å²) in [6.45, 7) is 3.89. The van der Waals surface area contributed by atoms with Crippen molar-refractivity contribution in [2.24, 2.45) is 4.99 Å². The molecule has 1 atom stereocenters. The lowest BCUT2D eigenvalue weighted by atomic mass is 9.98. The van der Waals surface area contributed by atoms with Crippen LogP contribution < -0.4 is 4.72 Å². The molecule has 26 heavy (non-hydrogen) atoms. The molecule has 0 aromatic carbocycles. The Labute approximate surface area is 153 Å². The van der Waals surface area contributed by atoms with Crippen LogP contribution in [0.4, 0.5) is 5.95 Å². The highest BCUT2D eigenvalue weighted by Crippen LogP contribution is 2.26. The first-order chi connectivity index (χ1) is 12.4. The maximum atomic E-state index is 12.5. The third-order valence-corrected chi connectivity index (χ3v) is 5.13. The standard InChI is InChI=1S/C17H24N4O4S/c1-4-6-7-13-10-19-17(21-26(23,24)5-2)20-15(13)16-14(22)8-12(9-18-16)11-25-3/h8-10,16H,4-7,11H2,1-3H3,(H,19,20,21). The molecule has 2 heterocycles. The number of methoxy groups -OCH3 is 1. The van der Waals surface area contributed by atoms with Gasteiger partial charge in [-0.3, -0.25) is 14.5 Å². The second-order valence-electron chi connectivity index (χ2n) is 5.95. The first kappa shape index (κ1) is 20.2. The summed E-state index contributed by atoms with van der Waals surface area (Å²) in [4.78, 5) is 25.2. The minimum absolute atomic E-state index is 0.0447. The van der Waals surface area contributed by atoms with Crippen LogP contribution in [0.25, 0.3) is 0 Å². The Bertz CT molecular complexity index is 818. The lowest BCUT2D eigenvalue weighted by molar-refractivity contribution is -0.116. The van der Waals surface area contributed by atoms with E-state index in [4.69, 9.17) is 4.74 Å². The largest absolute Gasteiger partial charge is 0.380 e. The molecule has 1 unspecified atom stereocenters. The number of aryl methyl sites for hydroxylation is 1. The molecule has 0 radical (unpaired) electrons. The SMILES string of the molecule is CCCCc1cnc(NS(=O)(=O)CC)nc1C1N=CC(COC)=CC1=O. The van der Waals surface area contributed by atoms with E-state index in [0.717, 1.165) is 18.4 Å². The van der Waals surface area contributed by atoms with E-state index in [1.807, 2.05) is 0 Å². The number of ketones is 1. The van der Waals surface area contributed by atoms with Gasteiger partial charge in [-0.1, -0.05) is 13.3 Å². The topological polar surface area (TPSA) is 111 Å². The normalized spacial score (nSPS) is 17.3. The molecule has 0 saturated heterocycles. The van der Waals surface area contributed by atoms with Gasteiger partial charge in [0.2, 0.25) is 16.0 Å². The first-order valence-corrected chi connectivity index (χ1v) is 10.2. The molecule has 1 aliphatic rings. The summed E-state index contributed by atoms with van der Waals surface area (Å²) in [6.07, 6.45) is 7.23. The molecule has 9 heteroatoms. The fourth-order valence-electron chi connectivity index (χ4n) is 2.47. The Morgan fingerprint density at radius 3 is 2.69 bits per heavy atom. The second kappa shape index (κ2) is 9.00. The molecule has 0 spiro atoms. The zero-order chi connectivity index (χ0) is 19.2. The number of anilines is 1. The van der Waals surface area contributed by atoms with E-state index in [0.29, 0.717) is 24.3 Å². The number of rotatable bonds is 9. The zero-order valence-corrected chi connectivity index (χ0v) is 16.0. The van der Waals surface area contributed by atoms with Gasteiger partial charge >= 0.3 is 0 Å². The molecule has 1 aliphatic heterocycles. The molecule has 2 rings (SSSR count). The van der Waals surface area contributed by atoms with Crippen molar-refractivity contribution in [3.63, 3.8) is 0 Å². The van der Waals surface area contributed by atoms with Gasteiger partial charge in [0, 0.05) is 19.5 Å². The lowest BCUT2D eigenvalue weighted by Crippen LogP contribution is -2.21. The fourth-order valence-corrected chi connectivity index (χ4v) is 2.99. The Morgan fingerprint density at radius 2 is 2.08 bits per heavy atom. The maximum Gasteiger partial charge on any atom is 0.236 e. The van der Waals surface area contributed by atoms with Crippen LogP contribution in [0.2, 0.25) is 0 Å². The van der Waals surface area contributed by atoms with Crippen molar-refractivity contribution in [2.45, 2.75) is 39.2 Å². The lowest BCUT2D eigenvalue weighted by Gasteiger charge is -2.18. The van der Waals surface area contributed by atoms with E-state index in [1.54, 1.807) is 19.5 Å². The summed E-state index contributed by atoms with van der Waals surface area (Å²) in [5.74, 6) is -0.343. The van der Waals surface area contributed by atoms with E-state index >= 15 is 0 Å². The monoisotopic (exact) mass is 380 g/mol. The molecule has 0 amide bonds. The molecule has 142 valence electrons. The van der Waals surface area contributed by atoms with E-state index in [2.05, 4.69) is 26.6 Å². The smallest absolute Gasteiger partial charge is 0.236 e. The van der Waals surface area contributed by atoms with Gasteiger partial charge in [0.05, 0.1) is 18.1 Å². The quantitative estimate of drug-likeness (QED) is 0.700. The predicted molar refractivity (Wildman–Crippen MR) is 99.9 cm³/mol. The molecule has 1 N–H and O–H groups in total. The number of hydrogen-bond donors (Lipinski definition) is 1. The van der Waals surface area contributed by atoms with Crippen LogP contribution in [-0.2, 0) is 26.0 Å². The van der Waals surface area contributed by atoms with Gasteiger partial charge in [0.25, 0.3) is 0 Å². The molecule has 0 aliphatic carbocycles. The van der Waals surface area contributed by atoms with Crippen LogP contribution in [0.1, 0.15) is 44.0 Å². The van der Waals surface area contributed by atoms with Gasteiger partial charge in [0.1, 0.15) is 0 Å². The number of ether oxygens (including phenoxy) is 1. The highest BCUT2D eigenvalue weighted by Gasteiger charge is 2.26. The summed E-state index contributed by atoms with van der Waals surface area (Å²) < 4.78 is 30.9. The van der Waals surface area contributed by atoms with Crippen LogP contribution in [0.5, 0.6) is 0 Å². The van der Waals surface area contributed by atoms with Crippen LogP contribution >= 0.6 is 0 Å². The number of nitrogens with zero attached hydrogens (tertiary/aromatic N) is 3. The maximum absolute atomic E-state index is 12.5. The van der Waals surface area contributed by atoms with Crippen LogP contribution in [0.15, 0.2) is 22.8 Å².